The summed E-state index contributed by atoms with van der Waals surface area (Å²) >= 11 is 0. The van der Waals surface area contributed by atoms with Crippen molar-refractivity contribution in [1.29, 1.82) is 0 Å². The van der Waals surface area contributed by atoms with Crippen LogP contribution in [0, 0.1) is 15.9 Å². The highest BCUT2D eigenvalue weighted by Gasteiger charge is 2.17. The Morgan fingerprint density at radius 1 is 1.38 bits per heavy atom. The summed E-state index contributed by atoms with van der Waals surface area (Å²) in [6, 6.07) is 4.03. The summed E-state index contributed by atoms with van der Waals surface area (Å²) in [5.41, 5.74) is 0.225. The molecule has 2 rings (SSSR count). The molecule has 1 heterocycles. The average molecular weight is 225 g/mol. The van der Waals surface area contributed by atoms with Crippen LogP contribution in [0.3, 0.4) is 0 Å². The number of anilines is 1. The van der Waals surface area contributed by atoms with Crippen LogP contribution in [0.1, 0.15) is 0 Å². The van der Waals surface area contributed by atoms with Gasteiger partial charge in [0.2, 0.25) is 5.82 Å². The number of piperazine rings is 1. The lowest BCUT2D eigenvalue weighted by atomic mass is 10.2. The molecule has 1 aliphatic heterocycles. The fourth-order valence-corrected chi connectivity index (χ4v) is 1.76. The maximum atomic E-state index is 13.4. The van der Waals surface area contributed by atoms with Crippen LogP contribution >= 0.6 is 0 Å². The number of nitro groups is 1. The van der Waals surface area contributed by atoms with E-state index in [1.165, 1.54) is 12.1 Å². The Morgan fingerprint density at radius 2 is 2.06 bits per heavy atom. The van der Waals surface area contributed by atoms with Gasteiger partial charge in [-0.1, -0.05) is 0 Å². The first kappa shape index (κ1) is 10.8. The average Bonchev–Trinajstić information content (AvgIpc) is 2.29. The Bertz CT molecular complexity index is 405. The molecular weight excluding hydrogens is 213 g/mol. The van der Waals surface area contributed by atoms with E-state index in [0.717, 1.165) is 26.2 Å². The molecular formula is C10H12FN3O2. The van der Waals surface area contributed by atoms with E-state index in [4.69, 9.17) is 0 Å². The molecule has 0 atom stereocenters. The predicted molar refractivity (Wildman–Crippen MR) is 58.1 cm³/mol. The molecule has 1 N–H and O–H groups in total. The molecule has 5 nitrogen and oxygen atoms in total. The normalized spacial score (nSPS) is 16.2. The summed E-state index contributed by atoms with van der Waals surface area (Å²) in [5.74, 6) is -0.777. The Balaban J connectivity index is 2.23. The number of rotatable bonds is 2. The van der Waals surface area contributed by atoms with Gasteiger partial charge in [0.1, 0.15) is 0 Å². The fourth-order valence-electron chi connectivity index (χ4n) is 1.76. The van der Waals surface area contributed by atoms with Gasteiger partial charge in [0.15, 0.2) is 0 Å². The van der Waals surface area contributed by atoms with Crippen LogP contribution in [0.2, 0.25) is 0 Å². The van der Waals surface area contributed by atoms with Crippen molar-refractivity contribution in [3.8, 4) is 0 Å². The second kappa shape index (κ2) is 4.44. The predicted octanol–water partition coefficient (Wildman–Crippen LogP) is 1.14. The minimum atomic E-state index is -0.777. The Labute approximate surface area is 92.0 Å². The first-order valence-corrected chi connectivity index (χ1v) is 5.08. The molecule has 0 aromatic heterocycles. The van der Waals surface area contributed by atoms with E-state index in [1.54, 1.807) is 6.07 Å². The molecule has 0 amide bonds. The molecule has 0 bridgehead atoms. The zero-order valence-electron chi connectivity index (χ0n) is 8.65. The molecule has 1 fully saturated rings. The number of halogens is 1. The van der Waals surface area contributed by atoms with Gasteiger partial charge >= 0.3 is 5.69 Å². The molecule has 0 radical (unpaired) electrons. The van der Waals surface area contributed by atoms with Gasteiger partial charge in [-0.2, -0.15) is 4.39 Å². The molecule has 1 aliphatic rings. The van der Waals surface area contributed by atoms with Crippen LogP contribution in [0.5, 0.6) is 0 Å². The van der Waals surface area contributed by atoms with Crippen LogP contribution in [0.4, 0.5) is 15.8 Å². The van der Waals surface area contributed by atoms with Crippen molar-refractivity contribution in [3.05, 3.63) is 34.1 Å². The van der Waals surface area contributed by atoms with Crippen LogP contribution in [0.15, 0.2) is 18.2 Å². The van der Waals surface area contributed by atoms with E-state index in [-0.39, 0.29) is 0 Å². The van der Waals surface area contributed by atoms with Gasteiger partial charge in [-0.15, -0.1) is 0 Å². The standard InChI is InChI=1S/C10H12FN3O2/c11-9-7-8(1-2-10(9)14(15)16)13-5-3-12-4-6-13/h1-2,7,12H,3-6H2. The van der Waals surface area contributed by atoms with Crippen molar-refractivity contribution >= 4 is 11.4 Å². The summed E-state index contributed by atoms with van der Waals surface area (Å²) in [5, 5.41) is 13.6. The van der Waals surface area contributed by atoms with Crippen LogP contribution in [0.25, 0.3) is 0 Å². The maximum Gasteiger partial charge on any atom is 0.304 e. The number of nitrogens with one attached hydrogen (secondary N) is 1. The molecule has 1 saturated heterocycles. The third kappa shape index (κ3) is 2.11. The van der Waals surface area contributed by atoms with Gasteiger partial charge in [0, 0.05) is 44.0 Å². The molecule has 0 unspecified atom stereocenters. The lowest BCUT2D eigenvalue weighted by molar-refractivity contribution is -0.387. The zero-order valence-corrected chi connectivity index (χ0v) is 8.65. The zero-order chi connectivity index (χ0) is 11.5. The molecule has 86 valence electrons. The molecule has 0 aliphatic carbocycles. The van der Waals surface area contributed by atoms with Gasteiger partial charge in [0.05, 0.1) is 4.92 Å². The topological polar surface area (TPSA) is 58.4 Å². The second-order valence-corrected chi connectivity index (χ2v) is 3.63. The number of nitro benzene ring substituents is 1. The van der Waals surface area contributed by atoms with E-state index in [0.29, 0.717) is 5.69 Å². The maximum absolute atomic E-state index is 13.4. The van der Waals surface area contributed by atoms with Crippen molar-refractivity contribution in [2.24, 2.45) is 0 Å². The Kier molecular flexibility index (Phi) is 3.00. The van der Waals surface area contributed by atoms with Gasteiger partial charge in [-0.25, -0.2) is 0 Å². The lowest BCUT2D eigenvalue weighted by Gasteiger charge is -2.29. The number of hydrogen-bond acceptors (Lipinski definition) is 4. The van der Waals surface area contributed by atoms with Crippen molar-refractivity contribution < 1.29 is 9.31 Å². The van der Waals surface area contributed by atoms with E-state index in [9.17, 15) is 14.5 Å². The number of nitrogens with zero attached hydrogens (tertiary/aromatic N) is 2. The molecule has 6 heteroatoms. The van der Waals surface area contributed by atoms with E-state index in [1.807, 2.05) is 4.90 Å². The van der Waals surface area contributed by atoms with Crippen molar-refractivity contribution in [2.75, 3.05) is 31.1 Å². The van der Waals surface area contributed by atoms with E-state index in [2.05, 4.69) is 5.32 Å². The number of hydrogen-bond donors (Lipinski definition) is 1. The molecule has 1 aromatic carbocycles. The first-order valence-electron chi connectivity index (χ1n) is 5.08. The summed E-state index contributed by atoms with van der Waals surface area (Å²) in [6.07, 6.45) is 0. The minimum absolute atomic E-state index is 0.473. The van der Waals surface area contributed by atoms with Crippen LogP contribution in [-0.2, 0) is 0 Å². The van der Waals surface area contributed by atoms with Crippen molar-refractivity contribution in [3.63, 3.8) is 0 Å². The summed E-state index contributed by atoms with van der Waals surface area (Å²) in [6.45, 7) is 3.27. The summed E-state index contributed by atoms with van der Waals surface area (Å²) < 4.78 is 13.4. The Hall–Kier alpha value is -1.69. The molecule has 16 heavy (non-hydrogen) atoms. The van der Waals surface area contributed by atoms with Crippen molar-refractivity contribution in [2.45, 2.75) is 0 Å². The fraction of sp³-hybridized carbons (Fsp3) is 0.400. The first-order chi connectivity index (χ1) is 7.68. The van der Waals surface area contributed by atoms with Gasteiger partial charge in [-0.3, -0.25) is 10.1 Å². The molecule has 0 saturated carbocycles. The minimum Gasteiger partial charge on any atom is -0.369 e. The number of benzene rings is 1. The Morgan fingerprint density at radius 3 is 2.62 bits per heavy atom. The smallest absolute Gasteiger partial charge is 0.304 e. The quantitative estimate of drug-likeness (QED) is 0.605. The van der Waals surface area contributed by atoms with E-state index >= 15 is 0 Å². The SMILES string of the molecule is O=[N+]([O-])c1ccc(N2CCNCC2)cc1F. The second-order valence-electron chi connectivity index (χ2n) is 3.63. The highest BCUT2D eigenvalue weighted by atomic mass is 19.1. The summed E-state index contributed by atoms with van der Waals surface area (Å²) in [7, 11) is 0. The van der Waals surface area contributed by atoms with Gasteiger partial charge in [0.25, 0.3) is 0 Å². The lowest BCUT2D eigenvalue weighted by Crippen LogP contribution is -2.43. The monoisotopic (exact) mass is 225 g/mol. The van der Waals surface area contributed by atoms with Crippen LogP contribution in [-0.4, -0.2) is 31.1 Å². The highest BCUT2D eigenvalue weighted by Crippen LogP contribution is 2.23. The van der Waals surface area contributed by atoms with Crippen molar-refractivity contribution in [1.82, 2.24) is 5.32 Å². The molecule has 0 spiro atoms. The van der Waals surface area contributed by atoms with Crippen LogP contribution < -0.4 is 10.2 Å². The third-order valence-corrected chi connectivity index (χ3v) is 2.61. The highest BCUT2D eigenvalue weighted by molar-refractivity contribution is 5.52. The third-order valence-electron chi connectivity index (χ3n) is 2.61. The van der Waals surface area contributed by atoms with E-state index < -0.39 is 16.4 Å². The van der Waals surface area contributed by atoms with Gasteiger partial charge in [-0.05, 0) is 6.07 Å². The van der Waals surface area contributed by atoms with Gasteiger partial charge < -0.3 is 10.2 Å². The summed E-state index contributed by atoms with van der Waals surface area (Å²) in [4.78, 5) is 11.7. The largest absolute Gasteiger partial charge is 0.369 e. The molecule has 1 aromatic rings.